The van der Waals surface area contributed by atoms with Gasteiger partial charge in [0.25, 0.3) is 8.32 Å². The van der Waals surface area contributed by atoms with Gasteiger partial charge in [-0.05, 0) is 40.4 Å². The Bertz CT molecular complexity index is 1530. The molecule has 0 N–H and O–H groups in total. The number of rotatable bonds is 9. The lowest BCUT2D eigenvalue weighted by Gasteiger charge is -2.44. The summed E-state index contributed by atoms with van der Waals surface area (Å²) in [5.74, 6) is 0.00496. The highest BCUT2D eigenvalue weighted by molar-refractivity contribution is 7.87. The normalized spacial score (nSPS) is 16.0. The molecule has 0 amide bonds. The predicted molar refractivity (Wildman–Crippen MR) is 161 cm³/mol. The SMILES string of the molecule is COc1cc2c(c(OC)c1OC)CCC(O[Si](c1ccccc1)(c1ccccc1)C(C)(C)C)C=C2OS(=O)(=O)C(F)(F)F. The summed E-state index contributed by atoms with van der Waals surface area (Å²) in [6.45, 7) is 6.20. The van der Waals surface area contributed by atoms with Gasteiger partial charge in [-0.3, -0.25) is 0 Å². The van der Waals surface area contributed by atoms with E-state index in [1.165, 1.54) is 33.5 Å². The Hall–Kier alpha value is -3.48. The van der Waals surface area contributed by atoms with Gasteiger partial charge < -0.3 is 22.8 Å². The molecule has 0 saturated heterocycles. The summed E-state index contributed by atoms with van der Waals surface area (Å²) in [5, 5.41) is 1.46. The van der Waals surface area contributed by atoms with Crippen LogP contribution >= 0.6 is 0 Å². The van der Waals surface area contributed by atoms with Crippen molar-refractivity contribution in [3.05, 3.63) is 83.9 Å². The number of alkyl halides is 3. The van der Waals surface area contributed by atoms with E-state index in [1.807, 2.05) is 60.7 Å². The maximum Gasteiger partial charge on any atom is 0.534 e. The molecule has 12 heteroatoms. The monoisotopic (exact) mass is 636 g/mol. The van der Waals surface area contributed by atoms with Crippen LogP contribution in [0.25, 0.3) is 5.76 Å². The summed E-state index contributed by atoms with van der Waals surface area (Å²) in [5.41, 5.74) is -5.19. The maximum absolute atomic E-state index is 13.6. The number of benzene rings is 3. The Morgan fingerprint density at radius 3 is 1.79 bits per heavy atom. The zero-order valence-corrected chi connectivity index (χ0v) is 26.6. The molecule has 0 spiro atoms. The Morgan fingerprint density at radius 1 is 0.814 bits per heavy atom. The molecule has 0 aliphatic heterocycles. The fraction of sp³-hybridized carbons (Fsp3) is 0.355. The van der Waals surface area contributed by atoms with Crippen molar-refractivity contribution in [2.45, 2.75) is 50.3 Å². The summed E-state index contributed by atoms with van der Waals surface area (Å²) in [6.07, 6.45) is 0.998. The van der Waals surface area contributed by atoms with Crippen molar-refractivity contribution in [3.8, 4) is 17.2 Å². The Kier molecular flexibility index (Phi) is 9.24. The molecule has 7 nitrogen and oxygen atoms in total. The molecule has 3 aromatic rings. The van der Waals surface area contributed by atoms with Gasteiger partial charge in [-0.1, -0.05) is 81.4 Å². The number of hydrogen-bond acceptors (Lipinski definition) is 7. The minimum Gasteiger partial charge on any atom is -0.493 e. The van der Waals surface area contributed by atoms with Gasteiger partial charge >= 0.3 is 15.6 Å². The summed E-state index contributed by atoms with van der Waals surface area (Å²) in [6, 6.07) is 20.8. The molecular formula is C31H35F3O7SSi. The molecule has 0 saturated carbocycles. The van der Waals surface area contributed by atoms with Crippen molar-refractivity contribution in [2.75, 3.05) is 21.3 Å². The van der Waals surface area contributed by atoms with E-state index >= 15 is 0 Å². The highest BCUT2D eigenvalue weighted by Gasteiger charge is 2.52. The molecular weight excluding hydrogens is 601 g/mol. The van der Waals surface area contributed by atoms with Crippen molar-refractivity contribution >= 4 is 34.6 Å². The third kappa shape index (κ3) is 6.13. The van der Waals surface area contributed by atoms with Crippen LogP contribution in [0.2, 0.25) is 5.04 Å². The van der Waals surface area contributed by atoms with Crippen LogP contribution in [0.3, 0.4) is 0 Å². The minimum absolute atomic E-state index is 0.0656. The first-order valence-electron chi connectivity index (χ1n) is 13.5. The largest absolute Gasteiger partial charge is 0.534 e. The molecule has 0 heterocycles. The van der Waals surface area contributed by atoms with Crippen molar-refractivity contribution < 1.29 is 44.4 Å². The van der Waals surface area contributed by atoms with Gasteiger partial charge in [-0.15, -0.1) is 0 Å². The van der Waals surface area contributed by atoms with E-state index in [2.05, 4.69) is 20.8 Å². The van der Waals surface area contributed by atoms with Crippen LogP contribution in [-0.2, 0) is 25.1 Å². The quantitative estimate of drug-likeness (QED) is 0.167. The van der Waals surface area contributed by atoms with Crippen LogP contribution in [0.5, 0.6) is 17.2 Å². The fourth-order valence-corrected chi connectivity index (χ4v) is 10.7. The van der Waals surface area contributed by atoms with Gasteiger partial charge in [0, 0.05) is 11.1 Å². The number of ether oxygens (including phenoxy) is 3. The first kappa shape index (κ1) is 32.4. The van der Waals surface area contributed by atoms with Crippen LogP contribution in [0.4, 0.5) is 13.2 Å². The molecule has 1 unspecified atom stereocenters. The van der Waals surface area contributed by atoms with E-state index in [9.17, 15) is 21.6 Å². The Balaban J connectivity index is 1.97. The van der Waals surface area contributed by atoms with E-state index in [1.54, 1.807) is 0 Å². The summed E-state index contributed by atoms with van der Waals surface area (Å²) in [7, 11) is -5.09. The van der Waals surface area contributed by atoms with Gasteiger partial charge in [0.05, 0.1) is 27.4 Å². The predicted octanol–water partition coefficient (Wildman–Crippen LogP) is 5.81. The second-order valence-electron chi connectivity index (χ2n) is 11.0. The van der Waals surface area contributed by atoms with Gasteiger partial charge in [0.2, 0.25) is 5.75 Å². The maximum atomic E-state index is 13.6. The van der Waals surface area contributed by atoms with Crippen LogP contribution in [0.15, 0.2) is 72.8 Å². The molecule has 1 atom stereocenters. The van der Waals surface area contributed by atoms with Crippen molar-refractivity contribution in [1.29, 1.82) is 0 Å². The lowest BCUT2D eigenvalue weighted by atomic mass is 10.0. The molecule has 1 aliphatic carbocycles. The molecule has 232 valence electrons. The van der Waals surface area contributed by atoms with Gasteiger partial charge in [0.15, 0.2) is 11.5 Å². The smallest absolute Gasteiger partial charge is 0.493 e. The van der Waals surface area contributed by atoms with Gasteiger partial charge in [0.1, 0.15) is 5.76 Å². The lowest BCUT2D eigenvalue weighted by Crippen LogP contribution is -2.67. The van der Waals surface area contributed by atoms with E-state index in [-0.39, 0.29) is 35.7 Å². The summed E-state index contributed by atoms with van der Waals surface area (Å²) >= 11 is 0. The Morgan fingerprint density at radius 2 is 1.35 bits per heavy atom. The third-order valence-electron chi connectivity index (χ3n) is 7.44. The van der Waals surface area contributed by atoms with Gasteiger partial charge in [-0.25, -0.2) is 0 Å². The molecule has 4 rings (SSSR count). The van der Waals surface area contributed by atoms with Crippen LogP contribution in [0.1, 0.15) is 38.3 Å². The number of fused-ring (bicyclic) bond motifs is 1. The molecule has 0 fully saturated rings. The number of halogens is 3. The minimum atomic E-state index is -6.04. The van der Waals surface area contributed by atoms with E-state index in [0.717, 1.165) is 10.4 Å². The topological polar surface area (TPSA) is 80.3 Å². The van der Waals surface area contributed by atoms with Gasteiger partial charge in [-0.2, -0.15) is 21.6 Å². The van der Waals surface area contributed by atoms with E-state index in [0.29, 0.717) is 5.56 Å². The Labute approximate surface area is 251 Å². The second kappa shape index (κ2) is 12.3. The molecule has 1 aliphatic rings. The fourth-order valence-electron chi connectivity index (χ4n) is 5.56. The molecule has 3 aromatic carbocycles. The highest BCUT2D eigenvalue weighted by Crippen LogP contribution is 2.47. The average Bonchev–Trinajstić information content (AvgIpc) is 3.12. The average molecular weight is 637 g/mol. The van der Waals surface area contributed by atoms with Crippen LogP contribution in [-0.4, -0.2) is 49.7 Å². The number of methoxy groups -OCH3 is 3. The van der Waals surface area contributed by atoms with Crippen molar-refractivity contribution in [1.82, 2.24) is 0 Å². The van der Waals surface area contributed by atoms with Crippen molar-refractivity contribution in [3.63, 3.8) is 0 Å². The van der Waals surface area contributed by atoms with Crippen molar-refractivity contribution in [2.24, 2.45) is 0 Å². The van der Waals surface area contributed by atoms with E-state index in [4.69, 9.17) is 22.8 Å². The first-order valence-corrected chi connectivity index (χ1v) is 16.9. The molecule has 0 bridgehead atoms. The highest BCUT2D eigenvalue weighted by atomic mass is 32.2. The standard InChI is InChI=1S/C31H35F3O7SSi/c1-30(2,3)43(22-13-9-7-10-14-22,23-15-11-8-12-16-23)41-21-17-18-24-25(20-27(37-4)29(39-6)28(24)38-5)26(19-21)40-42(35,36)31(32,33)34/h7-16,19-21H,17-18H2,1-6H3. The lowest BCUT2D eigenvalue weighted by molar-refractivity contribution is -0.0509. The van der Waals surface area contributed by atoms with E-state index < -0.39 is 40.8 Å². The molecule has 0 radical (unpaired) electrons. The van der Waals surface area contributed by atoms with Crippen LogP contribution in [0, 0.1) is 0 Å². The van der Waals surface area contributed by atoms with Crippen LogP contribution < -0.4 is 24.6 Å². The first-order chi connectivity index (χ1) is 20.2. The molecule has 0 aromatic heterocycles. The number of hydrogen-bond donors (Lipinski definition) is 0. The summed E-state index contributed by atoms with van der Waals surface area (Å²) in [4.78, 5) is 0. The zero-order chi connectivity index (χ0) is 31.6. The zero-order valence-electron chi connectivity index (χ0n) is 24.8. The third-order valence-corrected chi connectivity index (χ3v) is 13.5. The molecule has 43 heavy (non-hydrogen) atoms. The second-order valence-corrected chi connectivity index (χ2v) is 16.8. The summed E-state index contributed by atoms with van der Waals surface area (Å²) < 4.78 is 94.1.